The lowest BCUT2D eigenvalue weighted by atomic mass is 9.99. The Labute approximate surface area is 170 Å². The number of carbonyl (C=O) groups is 1. The molecule has 0 unspecified atom stereocenters. The molecule has 0 atom stereocenters. The number of tetrazole rings is 1. The molecule has 3 heterocycles. The van der Waals surface area contributed by atoms with Gasteiger partial charge in [0.1, 0.15) is 11.6 Å². The average molecular weight is 412 g/mol. The van der Waals surface area contributed by atoms with Crippen LogP contribution in [0.3, 0.4) is 0 Å². The molecular weight excluding hydrogens is 394 g/mol. The lowest BCUT2D eigenvalue weighted by molar-refractivity contribution is 0.102. The third-order valence-corrected chi connectivity index (χ3v) is 4.73. The normalized spacial score (nSPS) is 14.2. The number of nitrogens with one attached hydrogen (secondary N) is 1. The van der Waals surface area contributed by atoms with Crippen LogP contribution in [0.1, 0.15) is 29.4 Å². The van der Waals surface area contributed by atoms with Crippen LogP contribution in [0.5, 0.6) is 0 Å². The topological polar surface area (TPSA) is 102 Å². The molecule has 11 heteroatoms. The summed E-state index contributed by atoms with van der Waals surface area (Å²) in [5.74, 6) is -1.62. The van der Waals surface area contributed by atoms with Crippen molar-refractivity contribution in [1.29, 1.82) is 0 Å². The maximum Gasteiger partial charge on any atom is 0.266 e. The van der Waals surface area contributed by atoms with E-state index < -0.39 is 17.5 Å². The van der Waals surface area contributed by atoms with Crippen molar-refractivity contribution in [2.45, 2.75) is 13.3 Å². The maximum absolute atomic E-state index is 13.3. The van der Waals surface area contributed by atoms with Crippen molar-refractivity contribution in [2.75, 3.05) is 23.3 Å². The zero-order chi connectivity index (χ0) is 21.3. The first-order chi connectivity index (χ1) is 14.4. The number of aromatic nitrogens is 6. The molecular formula is C19H18F2N8O. The minimum atomic E-state index is -0.830. The summed E-state index contributed by atoms with van der Waals surface area (Å²) in [6, 6.07) is 2.60. The number of amides is 1. The maximum atomic E-state index is 13.3. The quantitative estimate of drug-likeness (QED) is 0.701. The molecule has 0 saturated heterocycles. The summed E-state index contributed by atoms with van der Waals surface area (Å²) in [7, 11) is 1.71. The molecule has 1 amide bonds. The Morgan fingerprint density at radius 3 is 2.53 bits per heavy atom. The Morgan fingerprint density at radius 2 is 1.90 bits per heavy atom. The van der Waals surface area contributed by atoms with Crippen LogP contribution in [0.25, 0.3) is 5.57 Å². The molecule has 0 saturated carbocycles. The van der Waals surface area contributed by atoms with Crippen molar-refractivity contribution < 1.29 is 13.6 Å². The van der Waals surface area contributed by atoms with E-state index in [-0.39, 0.29) is 11.4 Å². The van der Waals surface area contributed by atoms with Crippen LogP contribution in [0.15, 0.2) is 36.2 Å². The molecule has 9 nitrogen and oxygen atoms in total. The molecule has 30 heavy (non-hydrogen) atoms. The number of hydrogen-bond donors (Lipinski definition) is 1. The van der Waals surface area contributed by atoms with Crippen LogP contribution in [0, 0.1) is 11.6 Å². The molecule has 1 aromatic carbocycles. The fourth-order valence-electron chi connectivity index (χ4n) is 3.15. The highest BCUT2D eigenvalue weighted by molar-refractivity contribution is 6.03. The van der Waals surface area contributed by atoms with E-state index in [1.54, 1.807) is 13.2 Å². The summed E-state index contributed by atoms with van der Waals surface area (Å²) in [5.41, 5.74) is 2.69. The van der Waals surface area contributed by atoms with E-state index in [9.17, 15) is 13.6 Å². The number of anilines is 2. The van der Waals surface area contributed by atoms with E-state index >= 15 is 0 Å². The summed E-state index contributed by atoms with van der Waals surface area (Å²) in [6.45, 7) is 3.36. The molecule has 2 aromatic heterocycles. The average Bonchev–Trinajstić information content (AvgIpc) is 3.14. The van der Waals surface area contributed by atoms with Crippen LogP contribution >= 0.6 is 0 Å². The molecule has 154 valence electrons. The predicted octanol–water partition coefficient (Wildman–Crippen LogP) is 2.21. The van der Waals surface area contributed by atoms with E-state index in [2.05, 4.69) is 30.7 Å². The smallest absolute Gasteiger partial charge is 0.266 e. The first-order valence-corrected chi connectivity index (χ1v) is 9.16. The number of benzene rings is 1. The predicted molar refractivity (Wildman–Crippen MR) is 105 cm³/mol. The van der Waals surface area contributed by atoms with Gasteiger partial charge in [0.25, 0.3) is 11.9 Å². The zero-order valence-electron chi connectivity index (χ0n) is 16.3. The van der Waals surface area contributed by atoms with E-state index in [4.69, 9.17) is 0 Å². The molecule has 4 rings (SSSR count). The minimum absolute atomic E-state index is 0.142. The number of carbonyl (C=O) groups excluding carboxylic acids is 1. The van der Waals surface area contributed by atoms with Gasteiger partial charge in [0.2, 0.25) is 0 Å². The van der Waals surface area contributed by atoms with Gasteiger partial charge in [0, 0.05) is 24.7 Å². The summed E-state index contributed by atoms with van der Waals surface area (Å²) >= 11 is 0. The van der Waals surface area contributed by atoms with E-state index in [0.717, 1.165) is 30.7 Å². The van der Waals surface area contributed by atoms with Gasteiger partial charge in [-0.1, -0.05) is 10.7 Å². The molecule has 0 bridgehead atoms. The fraction of sp³-hybridized carbons (Fsp3) is 0.263. The number of aryl methyl sites for hydroxylation is 1. The van der Waals surface area contributed by atoms with Crippen molar-refractivity contribution >= 4 is 23.2 Å². The first kappa shape index (κ1) is 19.6. The van der Waals surface area contributed by atoms with Crippen LogP contribution in [0.2, 0.25) is 0 Å². The SMILES string of the molecule is CC1=C(c2cnc(NC(=O)c3cc(F)cc(F)c3)cn2)CN(c2nnn(C)n2)CC1. The lowest BCUT2D eigenvalue weighted by Crippen LogP contribution is -2.32. The molecule has 0 spiro atoms. The monoisotopic (exact) mass is 412 g/mol. The third-order valence-electron chi connectivity index (χ3n) is 4.73. The zero-order valence-corrected chi connectivity index (χ0v) is 16.3. The van der Waals surface area contributed by atoms with E-state index in [0.29, 0.717) is 24.3 Å². The number of hydrogen-bond acceptors (Lipinski definition) is 7. The van der Waals surface area contributed by atoms with E-state index in [1.165, 1.54) is 16.6 Å². The van der Waals surface area contributed by atoms with Gasteiger partial charge >= 0.3 is 0 Å². The van der Waals surface area contributed by atoms with Gasteiger partial charge in [0.15, 0.2) is 5.82 Å². The van der Waals surface area contributed by atoms with Gasteiger partial charge in [-0.05, 0) is 36.3 Å². The van der Waals surface area contributed by atoms with Gasteiger partial charge in [-0.15, -0.1) is 5.10 Å². The number of halogens is 2. The Hall–Kier alpha value is -3.76. The Kier molecular flexibility index (Phi) is 5.17. The molecule has 1 N–H and O–H groups in total. The van der Waals surface area contributed by atoms with Crippen molar-refractivity contribution in [2.24, 2.45) is 7.05 Å². The second-order valence-corrected chi connectivity index (χ2v) is 6.91. The highest BCUT2D eigenvalue weighted by Gasteiger charge is 2.22. The number of rotatable bonds is 4. The van der Waals surface area contributed by atoms with Crippen molar-refractivity contribution in [3.05, 3.63) is 59.1 Å². The van der Waals surface area contributed by atoms with Crippen LogP contribution < -0.4 is 10.2 Å². The minimum Gasteiger partial charge on any atom is -0.333 e. The summed E-state index contributed by atoms with van der Waals surface area (Å²) in [5, 5.41) is 14.6. The first-order valence-electron chi connectivity index (χ1n) is 9.16. The Bertz CT molecular complexity index is 1110. The highest BCUT2D eigenvalue weighted by atomic mass is 19.1. The second-order valence-electron chi connectivity index (χ2n) is 6.91. The van der Waals surface area contributed by atoms with Crippen molar-refractivity contribution in [1.82, 2.24) is 30.2 Å². The second kappa shape index (κ2) is 7.93. The Morgan fingerprint density at radius 1 is 1.13 bits per heavy atom. The summed E-state index contributed by atoms with van der Waals surface area (Å²) in [6.07, 6.45) is 3.77. The van der Waals surface area contributed by atoms with Crippen LogP contribution in [-0.4, -0.2) is 49.2 Å². The lowest BCUT2D eigenvalue weighted by Gasteiger charge is -2.28. The standard InChI is InChI=1S/C19H18F2N8O/c1-11-3-4-29(19-25-27-28(2)26-19)10-15(11)16-8-23-17(9-22-16)24-18(30)12-5-13(20)7-14(21)6-12/h5-9H,3-4,10H2,1-2H3,(H,23,24,30). The van der Waals surface area contributed by atoms with Gasteiger partial charge in [0.05, 0.1) is 25.1 Å². The highest BCUT2D eigenvalue weighted by Crippen LogP contribution is 2.27. The number of nitrogens with zero attached hydrogens (tertiary/aromatic N) is 7. The summed E-state index contributed by atoms with van der Waals surface area (Å²) in [4.78, 5) is 24.2. The molecule has 1 aliphatic rings. The van der Waals surface area contributed by atoms with Crippen molar-refractivity contribution in [3.63, 3.8) is 0 Å². The van der Waals surface area contributed by atoms with Gasteiger partial charge in [-0.3, -0.25) is 9.78 Å². The van der Waals surface area contributed by atoms with Gasteiger partial charge in [-0.25, -0.2) is 13.8 Å². The molecule has 0 aliphatic carbocycles. The van der Waals surface area contributed by atoms with Gasteiger partial charge < -0.3 is 10.2 Å². The van der Waals surface area contributed by atoms with Gasteiger partial charge in [-0.2, -0.15) is 4.80 Å². The summed E-state index contributed by atoms with van der Waals surface area (Å²) < 4.78 is 26.6. The van der Waals surface area contributed by atoms with E-state index in [1.807, 2.05) is 11.8 Å². The van der Waals surface area contributed by atoms with Crippen molar-refractivity contribution in [3.8, 4) is 0 Å². The molecule has 1 aliphatic heterocycles. The molecule has 3 aromatic rings. The largest absolute Gasteiger partial charge is 0.333 e. The van der Waals surface area contributed by atoms with Crippen LogP contribution in [-0.2, 0) is 7.05 Å². The Balaban J connectivity index is 1.49. The molecule has 0 fully saturated rings. The van der Waals surface area contributed by atoms with Crippen LogP contribution in [0.4, 0.5) is 20.5 Å². The fourth-order valence-corrected chi connectivity index (χ4v) is 3.15. The third kappa shape index (κ3) is 4.14. The molecule has 0 radical (unpaired) electrons.